The van der Waals surface area contributed by atoms with Gasteiger partial charge >= 0.3 is 0 Å². The Balaban J connectivity index is 1.64. The fourth-order valence-corrected chi connectivity index (χ4v) is 2.75. The first kappa shape index (κ1) is 12.1. The summed E-state index contributed by atoms with van der Waals surface area (Å²) in [6.07, 6.45) is 8.06. The summed E-state index contributed by atoms with van der Waals surface area (Å²) >= 11 is 0. The van der Waals surface area contributed by atoms with E-state index in [4.69, 9.17) is 0 Å². The monoisotopic (exact) mass is 278 g/mol. The standard InChI is InChI=1S/C16H14N4O/c21-15-7-13(8-18-15)11-1-3-12(4-2-11)14-9-19-16-17-5-6-20(16)10-14/h1-6,9-10,13H,7-8H2,(H,18,21). The number of nitrogens with zero attached hydrogens (tertiary/aromatic N) is 3. The molecule has 0 bridgehead atoms. The molecule has 1 saturated heterocycles. The molecule has 5 heteroatoms. The Bertz CT molecular complexity index is 807. The third-order valence-electron chi connectivity index (χ3n) is 3.94. The highest BCUT2D eigenvalue weighted by molar-refractivity contribution is 5.79. The number of aromatic nitrogens is 3. The fraction of sp³-hybridized carbons (Fsp3) is 0.188. The van der Waals surface area contributed by atoms with Gasteiger partial charge in [0.15, 0.2) is 0 Å². The summed E-state index contributed by atoms with van der Waals surface area (Å²) in [6, 6.07) is 8.35. The van der Waals surface area contributed by atoms with Crippen molar-refractivity contribution in [3.63, 3.8) is 0 Å². The summed E-state index contributed by atoms with van der Waals surface area (Å²) in [7, 11) is 0. The molecular formula is C16H14N4O. The van der Waals surface area contributed by atoms with E-state index in [-0.39, 0.29) is 5.91 Å². The molecule has 0 aliphatic carbocycles. The van der Waals surface area contributed by atoms with Crippen LogP contribution in [-0.2, 0) is 4.79 Å². The van der Waals surface area contributed by atoms with Crippen molar-refractivity contribution in [2.45, 2.75) is 12.3 Å². The average Bonchev–Trinajstić information content (AvgIpc) is 3.15. The molecule has 3 heterocycles. The van der Waals surface area contributed by atoms with Gasteiger partial charge in [0.2, 0.25) is 11.7 Å². The number of benzene rings is 1. The van der Waals surface area contributed by atoms with E-state index in [1.54, 1.807) is 6.20 Å². The number of imidazole rings is 1. The molecule has 1 aliphatic rings. The van der Waals surface area contributed by atoms with Crippen molar-refractivity contribution in [2.24, 2.45) is 0 Å². The van der Waals surface area contributed by atoms with Crippen LogP contribution in [0.1, 0.15) is 17.9 Å². The number of fused-ring (bicyclic) bond motifs is 1. The van der Waals surface area contributed by atoms with Gasteiger partial charge in [-0.25, -0.2) is 9.97 Å². The lowest BCUT2D eigenvalue weighted by Crippen LogP contribution is -2.13. The van der Waals surface area contributed by atoms with Crippen LogP contribution in [0.2, 0.25) is 0 Å². The van der Waals surface area contributed by atoms with Gasteiger partial charge in [-0.1, -0.05) is 24.3 Å². The maximum absolute atomic E-state index is 11.3. The summed E-state index contributed by atoms with van der Waals surface area (Å²) in [5, 5.41) is 2.87. The van der Waals surface area contributed by atoms with Crippen LogP contribution in [0.15, 0.2) is 49.1 Å². The van der Waals surface area contributed by atoms with Gasteiger partial charge in [0.05, 0.1) is 0 Å². The molecule has 1 unspecified atom stereocenters. The van der Waals surface area contributed by atoms with Crippen LogP contribution in [0.25, 0.3) is 16.9 Å². The van der Waals surface area contributed by atoms with Crippen LogP contribution in [0, 0.1) is 0 Å². The van der Waals surface area contributed by atoms with Crippen molar-refractivity contribution in [1.29, 1.82) is 0 Å². The Morgan fingerprint density at radius 2 is 2.00 bits per heavy atom. The molecule has 104 valence electrons. The molecule has 1 fully saturated rings. The SMILES string of the molecule is O=C1CC(c2ccc(-c3cnc4nccn4c3)cc2)CN1. The van der Waals surface area contributed by atoms with Gasteiger partial charge < -0.3 is 5.32 Å². The number of carbonyl (C=O) groups excluding carboxylic acids is 1. The van der Waals surface area contributed by atoms with Crippen molar-refractivity contribution < 1.29 is 4.79 Å². The van der Waals surface area contributed by atoms with E-state index in [9.17, 15) is 4.79 Å². The largest absolute Gasteiger partial charge is 0.355 e. The Kier molecular flexibility index (Phi) is 2.70. The third-order valence-corrected chi connectivity index (χ3v) is 3.94. The molecule has 0 spiro atoms. The van der Waals surface area contributed by atoms with Crippen LogP contribution in [-0.4, -0.2) is 26.8 Å². The lowest BCUT2D eigenvalue weighted by atomic mass is 9.96. The van der Waals surface area contributed by atoms with E-state index < -0.39 is 0 Å². The zero-order valence-electron chi connectivity index (χ0n) is 11.4. The highest BCUT2D eigenvalue weighted by Crippen LogP contribution is 2.26. The lowest BCUT2D eigenvalue weighted by molar-refractivity contribution is -0.119. The molecule has 1 N–H and O–H groups in total. The van der Waals surface area contributed by atoms with E-state index >= 15 is 0 Å². The minimum atomic E-state index is 0.138. The number of amides is 1. The summed E-state index contributed by atoms with van der Waals surface area (Å²) in [4.78, 5) is 19.8. The van der Waals surface area contributed by atoms with E-state index in [1.807, 2.05) is 23.0 Å². The Morgan fingerprint density at radius 3 is 2.76 bits per heavy atom. The first-order valence-corrected chi connectivity index (χ1v) is 6.95. The third kappa shape index (κ3) is 2.16. The quantitative estimate of drug-likeness (QED) is 0.780. The summed E-state index contributed by atoms with van der Waals surface area (Å²) < 4.78 is 1.91. The fourth-order valence-electron chi connectivity index (χ4n) is 2.75. The topological polar surface area (TPSA) is 59.3 Å². The van der Waals surface area contributed by atoms with E-state index in [2.05, 4.69) is 39.6 Å². The first-order valence-electron chi connectivity index (χ1n) is 6.95. The minimum absolute atomic E-state index is 0.138. The molecule has 4 rings (SSSR count). The van der Waals surface area contributed by atoms with Gasteiger partial charge in [-0.15, -0.1) is 0 Å². The second-order valence-corrected chi connectivity index (χ2v) is 5.30. The van der Waals surface area contributed by atoms with E-state index in [0.717, 1.165) is 17.7 Å². The first-order chi connectivity index (χ1) is 10.3. The van der Waals surface area contributed by atoms with Crippen molar-refractivity contribution in [2.75, 3.05) is 6.54 Å². The highest BCUT2D eigenvalue weighted by atomic mass is 16.1. The number of hydrogen-bond donors (Lipinski definition) is 1. The van der Waals surface area contributed by atoms with Gasteiger partial charge in [0, 0.05) is 49.2 Å². The summed E-state index contributed by atoms with van der Waals surface area (Å²) in [6.45, 7) is 0.737. The normalized spacial score (nSPS) is 18.1. The van der Waals surface area contributed by atoms with E-state index in [0.29, 0.717) is 18.1 Å². The van der Waals surface area contributed by atoms with Crippen LogP contribution >= 0.6 is 0 Å². The lowest BCUT2D eigenvalue weighted by Gasteiger charge is -2.09. The smallest absolute Gasteiger partial charge is 0.233 e. The number of hydrogen-bond acceptors (Lipinski definition) is 3. The van der Waals surface area contributed by atoms with Gasteiger partial charge in [-0.2, -0.15) is 0 Å². The zero-order chi connectivity index (χ0) is 14.2. The summed E-state index contributed by atoms with van der Waals surface area (Å²) in [5.74, 6) is 1.13. The van der Waals surface area contributed by atoms with Crippen molar-refractivity contribution in [3.8, 4) is 11.1 Å². The molecule has 1 aliphatic heterocycles. The summed E-state index contributed by atoms with van der Waals surface area (Å²) in [5.41, 5.74) is 3.36. The zero-order valence-corrected chi connectivity index (χ0v) is 11.4. The second-order valence-electron chi connectivity index (χ2n) is 5.30. The van der Waals surface area contributed by atoms with Crippen LogP contribution < -0.4 is 5.32 Å². The Hall–Kier alpha value is -2.69. The molecule has 1 aromatic carbocycles. The van der Waals surface area contributed by atoms with Gasteiger partial charge in [-0.3, -0.25) is 9.20 Å². The van der Waals surface area contributed by atoms with Crippen molar-refractivity contribution in [1.82, 2.24) is 19.7 Å². The minimum Gasteiger partial charge on any atom is -0.355 e. The Morgan fingerprint density at radius 1 is 1.14 bits per heavy atom. The van der Waals surface area contributed by atoms with Gasteiger partial charge in [0.25, 0.3) is 0 Å². The van der Waals surface area contributed by atoms with Crippen molar-refractivity contribution >= 4 is 11.7 Å². The molecule has 1 amide bonds. The number of rotatable bonds is 2. The Labute approximate surface area is 121 Å². The molecule has 5 nitrogen and oxygen atoms in total. The molecular weight excluding hydrogens is 264 g/mol. The predicted molar refractivity (Wildman–Crippen MR) is 78.8 cm³/mol. The highest BCUT2D eigenvalue weighted by Gasteiger charge is 2.22. The molecule has 2 aromatic heterocycles. The molecule has 21 heavy (non-hydrogen) atoms. The van der Waals surface area contributed by atoms with Crippen LogP contribution in [0.4, 0.5) is 0 Å². The number of carbonyl (C=O) groups is 1. The predicted octanol–water partition coefficient (Wildman–Crippen LogP) is 2.00. The maximum atomic E-state index is 11.3. The van der Waals surface area contributed by atoms with Gasteiger partial charge in [-0.05, 0) is 11.1 Å². The van der Waals surface area contributed by atoms with E-state index in [1.165, 1.54) is 5.56 Å². The average molecular weight is 278 g/mol. The van der Waals surface area contributed by atoms with Crippen molar-refractivity contribution in [3.05, 3.63) is 54.6 Å². The molecule has 0 saturated carbocycles. The molecule has 3 aromatic rings. The maximum Gasteiger partial charge on any atom is 0.233 e. The second kappa shape index (κ2) is 4.70. The van der Waals surface area contributed by atoms with Gasteiger partial charge in [0.1, 0.15) is 0 Å². The number of nitrogens with one attached hydrogen (secondary N) is 1. The van der Waals surface area contributed by atoms with Crippen LogP contribution in [0.3, 0.4) is 0 Å². The van der Waals surface area contributed by atoms with Crippen LogP contribution in [0.5, 0.6) is 0 Å². The molecule has 1 atom stereocenters. The molecule has 0 radical (unpaired) electrons.